The van der Waals surface area contributed by atoms with Crippen molar-refractivity contribution in [3.63, 3.8) is 0 Å². The Labute approximate surface area is 512 Å². The van der Waals surface area contributed by atoms with Gasteiger partial charge in [0, 0.05) is 62.6 Å². The number of benzene rings is 3. The van der Waals surface area contributed by atoms with Crippen LogP contribution in [0.15, 0.2) is 196 Å². The molecule has 426 valence electrons. The molecule has 0 fully saturated rings. The summed E-state index contributed by atoms with van der Waals surface area (Å²) in [5.41, 5.74) is 17.4. The highest BCUT2D eigenvalue weighted by Crippen LogP contribution is 2.31. The molecular weight excluding hydrogens is 1070 g/mol. The molecule has 0 amide bonds. The Hall–Kier alpha value is -10.0. The van der Waals surface area contributed by atoms with E-state index < -0.39 is 6.85 Å². The standard InChI is InChI=1S/3C24H23BN3O/c1-16-15-27(4)22(13-20(16)18-9-6-5-7-10-18)28-17(2)23-19-11-8-12-26-24(19)29-21(23)14-25(28)3;1-16-13-22(27(4)15-20(16)18-9-6-5-7-10-18)28-17(2)23-19-11-8-12-26-24(19)29-21(23)14-25(28)3;1-16-13-22(27(4)15-21(16)18-9-6-5-7-10-18)28-17(2)23-20(14-25(28)3)19-11-8-12-26-24(19)29-23/h3*5-15H,1-4H3/q3*+1/i1D3;;. The summed E-state index contributed by atoms with van der Waals surface area (Å²) in [6, 6.07) is 49.3. The van der Waals surface area contributed by atoms with E-state index in [2.05, 4.69) is 223 Å². The van der Waals surface area contributed by atoms with Gasteiger partial charge in [-0.25, -0.2) is 28.7 Å². The summed E-state index contributed by atoms with van der Waals surface area (Å²) in [5, 5.41) is 6.41. The minimum atomic E-state index is -2.22. The third kappa shape index (κ3) is 10.1. The third-order valence-corrected chi connectivity index (χ3v) is 17.2. The topological polar surface area (TPSA) is 99.5 Å². The highest BCUT2D eigenvalue weighted by atomic mass is 16.3. The molecule has 3 aliphatic heterocycles. The Balaban J connectivity index is 0.000000124. The van der Waals surface area contributed by atoms with Crippen LogP contribution in [-0.2, 0) is 21.1 Å². The van der Waals surface area contributed by atoms with Gasteiger partial charge in [0.15, 0.2) is 5.42 Å². The Morgan fingerprint density at radius 2 is 0.805 bits per heavy atom. The smallest absolute Gasteiger partial charge is 0.405 e. The van der Waals surface area contributed by atoms with E-state index in [-0.39, 0.29) is 20.5 Å². The molecule has 0 saturated carbocycles. The van der Waals surface area contributed by atoms with Crippen molar-refractivity contribution in [3.05, 3.63) is 231 Å². The molecule has 0 radical (unpaired) electrons. The van der Waals surface area contributed by atoms with Gasteiger partial charge < -0.3 is 13.3 Å². The molecule has 12 aromatic rings. The number of anilines is 3. The first-order valence-electron chi connectivity index (χ1n) is 31.1. The van der Waals surface area contributed by atoms with E-state index in [4.69, 9.17) is 17.4 Å². The third-order valence-electron chi connectivity index (χ3n) is 17.2. The largest absolute Gasteiger partial charge is 0.439 e. The van der Waals surface area contributed by atoms with Gasteiger partial charge in [-0.2, -0.15) is 0 Å². The highest BCUT2D eigenvalue weighted by molar-refractivity contribution is 6.78. The maximum atomic E-state index is 8.10. The van der Waals surface area contributed by atoms with Crippen LogP contribution in [0.2, 0.25) is 20.5 Å². The average Bonchev–Trinajstić information content (AvgIpc) is 1.46. The fourth-order valence-corrected chi connectivity index (χ4v) is 13.1. The van der Waals surface area contributed by atoms with E-state index >= 15 is 0 Å². The average molecular weight is 1140 g/mol. The van der Waals surface area contributed by atoms with Crippen LogP contribution in [0.5, 0.6) is 0 Å². The molecule has 3 aliphatic rings. The zero-order valence-electron chi connectivity index (χ0n) is 54.0. The summed E-state index contributed by atoms with van der Waals surface area (Å²) >= 11 is 0. The Morgan fingerprint density at radius 3 is 1.26 bits per heavy atom. The Bertz CT molecular complexity index is 5210. The number of furan rings is 3. The molecule has 0 N–H and O–H groups in total. The minimum absolute atomic E-state index is 0.0106. The maximum absolute atomic E-state index is 8.10. The van der Waals surface area contributed by atoms with Gasteiger partial charge in [-0.15, -0.1) is 0 Å². The summed E-state index contributed by atoms with van der Waals surface area (Å²) in [5.74, 6) is 9.75. The summed E-state index contributed by atoms with van der Waals surface area (Å²) in [7, 11) is 6.12. The van der Waals surface area contributed by atoms with Gasteiger partial charge in [-0.1, -0.05) is 97.0 Å². The van der Waals surface area contributed by atoms with Crippen molar-refractivity contribution in [1.82, 2.24) is 15.0 Å². The maximum Gasteiger partial charge on any atom is 0.405 e. The number of fused-ring (bicyclic) bond motifs is 9. The molecule has 15 rings (SSSR count). The van der Waals surface area contributed by atoms with Crippen molar-refractivity contribution in [3.8, 4) is 33.4 Å². The Kier molecular flexibility index (Phi) is 13.8. The number of nitrogens with zero attached hydrogens (tertiary/aromatic N) is 9. The van der Waals surface area contributed by atoms with Crippen LogP contribution in [0.3, 0.4) is 0 Å². The van der Waals surface area contributed by atoms with E-state index in [1.165, 1.54) is 39.1 Å². The minimum Gasteiger partial charge on any atom is -0.439 e. The number of pyridine rings is 6. The normalized spacial score (nSPS) is 14.2. The zero-order valence-corrected chi connectivity index (χ0v) is 51.0. The fraction of sp³-hybridized carbons (Fsp3) is 0.167. The van der Waals surface area contributed by atoms with Crippen LogP contribution in [0, 0.1) is 20.7 Å². The van der Waals surface area contributed by atoms with Gasteiger partial charge in [-0.3, -0.25) is 14.4 Å². The zero-order chi connectivity index (χ0) is 62.9. The summed E-state index contributed by atoms with van der Waals surface area (Å²) in [4.78, 5) is 20.1. The molecule has 0 bridgehead atoms. The monoisotopic (exact) mass is 1140 g/mol. The Morgan fingerprint density at radius 1 is 0.414 bits per heavy atom. The quantitative estimate of drug-likeness (QED) is 0.119. The summed E-state index contributed by atoms with van der Waals surface area (Å²) < 4.78 is 48.8. The molecule has 15 heteroatoms. The SMILES string of the molecule is CB1C=c2c(oc3ncccc23)=C(C)N1c1cc(C)c(-c2ccccc2)c[n+]1C.CB1C=c2oc3ncccc3c2=C(C)N1c1cc(C)c(-c2ccccc2)c[n+]1C.[2H]C([2H])([2H])c1c[n+](C)c(N2B(C)C=c3oc4ncccc4c3=C2C)cc1-c1ccccc1. The van der Waals surface area contributed by atoms with Crippen LogP contribution >= 0.6 is 0 Å². The molecule has 0 aliphatic carbocycles. The first kappa shape index (κ1) is 52.5. The molecule has 9 aromatic heterocycles. The highest BCUT2D eigenvalue weighted by Gasteiger charge is 2.37. The lowest BCUT2D eigenvalue weighted by Crippen LogP contribution is -2.50. The van der Waals surface area contributed by atoms with Crippen LogP contribution in [0.25, 0.3) is 102 Å². The lowest BCUT2D eigenvalue weighted by atomic mass is 9.60. The van der Waals surface area contributed by atoms with Crippen molar-refractivity contribution < 1.29 is 31.1 Å². The number of aromatic nitrogens is 6. The number of hydrogen-bond donors (Lipinski definition) is 0. The predicted molar refractivity (Wildman–Crippen MR) is 356 cm³/mol. The molecule has 0 spiro atoms. The second-order valence-corrected chi connectivity index (χ2v) is 23.0. The molecular formula is C72H69B3N9O3+3. The molecule has 3 aromatic carbocycles. The number of aryl methyl sites for hydroxylation is 6. The van der Waals surface area contributed by atoms with E-state index in [1.807, 2.05) is 72.3 Å². The molecule has 12 nitrogen and oxygen atoms in total. The van der Waals surface area contributed by atoms with Gasteiger partial charge in [0.1, 0.15) is 16.5 Å². The van der Waals surface area contributed by atoms with Gasteiger partial charge in [0.2, 0.25) is 17.1 Å². The predicted octanol–water partition coefficient (Wildman–Crippen LogP) is 9.65. The van der Waals surface area contributed by atoms with E-state index in [9.17, 15) is 0 Å². The molecule has 0 atom stereocenters. The first-order valence-corrected chi connectivity index (χ1v) is 29.6. The van der Waals surface area contributed by atoms with Gasteiger partial charge >= 0.3 is 20.5 Å². The van der Waals surface area contributed by atoms with Gasteiger partial charge in [0.05, 0.1) is 72.3 Å². The van der Waals surface area contributed by atoms with Crippen molar-refractivity contribution >= 4 is 106 Å². The van der Waals surface area contributed by atoms with Crippen LogP contribution in [0.4, 0.5) is 17.5 Å². The van der Waals surface area contributed by atoms with E-state index in [0.29, 0.717) is 28.3 Å². The molecule has 0 saturated heterocycles. The summed E-state index contributed by atoms with van der Waals surface area (Å²) in [6.07, 6.45) is 11.5. The van der Waals surface area contributed by atoms with E-state index in [1.54, 1.807) is 24.8 Å². The van der Waals surface area contributed by atoms with Crippen molar-refractivity contribution in [2.75, 3.05) is 14.4 Å². The lowest BCUT2D eigenvalue weighted by molar-refractivity contribution is -0.658. The summed E-state index contributed by atoms with van der Waals surface area (Å²) in [6.45, 7) is 15.4. The van der Waals surface area contributed by atoms with Crippen LogP contribution in [-0.4, -0.2) is 35.5 Å². The molecule has 12 heterocycles. The van der Waals surface area contributed by atoms with Crippen LogP contribution < -0.4 is 60.0 Å². The van der Waals surface area contributed by atoms with Crippen molar-refractivity contribution in [2.45, 2.75) is 61.9 Å². The second kappa shape index (κ2) is 22.8. The van der Waals surface area contributed by atoms with E-state index in [0.717, 1.165) is 82.5 Å². The van der Waals surface area contributed by atoms with Gasteiger partial charge in [0.25, 0.3) is 17.5 Å². The fourth-order valence-electron chi connectivity index (χ4n) is 13.1. The van der Waals surface area contributed by atoms with Crippen LogP contribution in [0.1, 0.15) is 41.6 Å². The number of hydrogen-bond acceptors (Lipinski definition) is 9. The molecule has 87 heavy (non-hydrogen) atoms. The molecule has 0 unspecified atom stereocenters. The van der Waals surface area contributed by atoms with Crippen molar-refractivity contribution in [1.29, 1.82) is 0 Å². The second-order valence-electron chi connectivity index (χ2n) is 23.0. The lowest BCUT2D eigenvalue weighted by Gasteiger charge is -2.24. The first-order chi connectivity index (χ1) is 43.3. The number of rotatable bonds is 6. The van der Waals surface area contributed by atoms with Gasteiger partial charge in [-0.05, 0) is 149 Å². The van der Waals surface area contributed by atoms with Crippen molar-refractivity contribution in [2.24, 2.45) is 21.1 Å².